The van der Waals surface area contributed by atoms with E-state index in [1.54, 1.807) is 42.2 Å². The third-order valence-corrected chi connectivity index (χ3v) is 6.74. The van der Waals surface area contributed by atoms with E-state index >= 15 is 0 Å². The predicted molar refractivity (Wildman–Crippen MR) is 155 cm³/mol. The maximum absolute atomic E-state index is 13.4. The molecule has 5 rings (SSSR count). The molecular weight excluding hydrogens is 543 g/mol. The van der Waals surface area contributed by atoms with Crippen molar-refractivity contribution in [3.05, 3.63) is 120 Å². The number of benzene rings is 3. The molecule has 0 radical (unpaired) electrons. The van der Waals surface area contributed by atoms with E-state index in [1.807, 2.05) is 67.6 Å². The zero-order valence-electron chi connectivity index (χ0n) is 22.3. The van der Waals surface area contributed by atoms with Crippen LogP contribution < -0.4 is 9.64 Å². The van der Waals surface area contributed by atoms with E-state index in [1.165, 1.54) is 11.0 Å². The lowest BCUT2D eigenvalue weighted by atomic mass is 10.2. The van der Waals surface area contributed by atoms with Crippen LogP contribution in [0.4, 0.5) is 5.82 Å². The summed E-state index contributed by atoms with van der Waals surface area (Å²) in [7, 11) is -2.87. The summed E-state index contributed by atoms with van der Waals surface area (Å²) >= 11 is 0. The van der Waals surface area contributed by atoms with Crippen LogP contribution in [0.1, 0.15) is 27.4 Å². The standard InChI is InChI=1S/C30H27N4O6P/c1-21-27(31-29(40-21)22-9-5-3-6-10-22)20-39-26-15-13-23(14-16-26)30(35)33(2)28-24(17-18-41(36,37)38)19-34(32-28)25-11-7-4-8-12-25/h3-19H,20H2,1-2H3,(H2,36,37,38)/b18-17+. The number of hydrogen-bond acceptors (Lipinski definition) is 6. The van der Waals surface area contributed by atoms with Gasteiger partial charge in [0.25, 0.3) is 5.91 Å². The zero-order chi connectivity index (χ0) is 29.0. The summed E-state index contributed by atoms with van der Waals surface area (Å²) in [6.45, 7) is 2.03. The summed E-state index contributed by atoms with van der Waals surface area (Å²) < 4.78 is 24.7. The first-order valence-corrected chi connectivity index (χ1v) is 14.3. The minimum absolute atomic E-state index is 0.196. The first-order valence-electron chi connectivity index (χ1n) is 12.6. The van der Waals surface area contributed by atoms with Crippen molar-refractivity contribution >= 4 is 25.4 Å². The summed E-state index contributed by atoms with van der Waals surface area (Å²) in [5.41, 5.74) is 3.02. The second kappa shape index (κ2) is 11.8. The number of rotatable bonds is 9. The van der Waals surface area contributed by atoms with Gasteiger partial charge in [-0.2, -0.15) is 0 Å². The van der Waals surface area contributed by atoms with Crippen LogP contribution in [-0.2, 0) is 11.2 Å². The topological polar surface area (TPSA) is 131 Å². The van der Waals surface area contributed by atoms with E-state index in [2.05, 4.69) is 10.1 Å². The number of nitrogens with zero attached hydrogens (tertiary/aromatic N) is 4. The lowest BCUT2D eigenvalue weighted by Crippen LogP contribution is -2.27. The summed E-state index contributed by atoms with van der Waals surface area (Å²) in [4.78, 5) is 37.9. The van der Waals surface area contributed by atoms with Crippen molar-refractivity contribution < 1.29 is 28.3 Å². The van der Waals surface area contributed by atoms with Crippen molar-refractivity contribution in [2.24, 2.45) is 0 Å². The number of aromatic nitrogens is 3. The van der Waals surface area contributed by atoms with Gasteiger partial charge in [-0.1, -0.05) is 36.4 Å². The molecule has 0 aliphatic heterocycles. The van der Waals surface area contributed by atoms with Crippen LogP contribution in [0.3, 0.4) is 0 Å². The molecule has 2 heterocycles. The Morgan fingerprint density at radius 3 is 2.34 bits per heavy atom. The quantitative estimate of drug-likeness (QED) is 0.211. The van der Waals surface area contributed by atoms with Gasteiger partial charge < -0.3 is 18.9 Å². The Bertz CT molecular complexity index is 1720. The van der Waals surface area contributed by atoms with Crippen LogP contribution in [-0.4, -0.2) is 37.5 Å². The SMILES string of the molecule is Cc1oc(-c2ccccc2)nc1COc1ccc(C(=O)N(C)c2nn(-c3ccccc3)cc2/C=C/P(=O)(O)O)cc1. The van der Waals surface area contributed by atoms with Crippen LogP contribution in [0.2, 0.25) is 0 Å². The Hall–Kier alpha value is -4.76. The van der Waals surface area contributed by atoms with Crippen molar-refractivity contribution in [1.82, 2.24) is 14.8 Å². The number of amides is 1. The molecule has 0 aliphatic rings. The molecule has 2 aromatic heterocycles. The predicted octanol–water partition coefficient (Wildman–Crippen LogP) is 5.84. The number of hydrogen-bond donors (Lipinski definition) is 2. The number of anilines is 1. The third-order valence-electron chi connectivity index (χ3n) is 6.20. The van der Waals surface area contributed by atoms with Crippen LogP contribution >= 0.6 is 7.60 Å². The van der Waals surface area contributed by atoms with Crippen molar-refractivity contribution in [3.8, 4) is 22.9 Å². The lowest BCUT2D eigenvalue weighted by molar-refractivity contribution is 0.0992. The first-order chi connectivity index (χ1) is 19.7. The number of carbonyl (C=O) groups is 1. The molecule has 1 amide bonds. The molecule has 0 bridgehead atoms. The van der Waals surface area contributed by atoms with Gasteiger partial charge in [-0.05, 0) is 61.5 Å². The zero-order valence-corrected chi connectivity index (χ0v) is 23.2. The highest BCUT2D eigenvalue weighted by Crippen LogP contribution is 2.38. The minimum atomic E-state index is -4.42. The summed E-state index contributed by atoms with van der Waals surface area (Å²) in [5.74, 6) is 2.39. The fraction of sp³-hybridized carbons (Fsp3) is 0.100. The van der Waals surface area contributed by atoms with Crippen LogP contribution in [0.15, 0.2) is 101 Å². The molecule has 0 aliphatic carbocycles. The van der Waals surface area contributed by atoms with Gasteiger partial charge in [0.2, 0.25) is 5.89 Å². The van der Waals surface area contributed by atoms with Crippen molar-refractivity contribution in [2.45, 2.75) is 13.5 Å². The van der Waals surface area contributed by atoms with E-state index in [0.717, 1.165) is 17.1 Å². The van der Waals surface area contributed by atoms with E-state index in [0.29, 0.717) is 34.2 Å². The van der Waals surface area contributed by atoms with Crippen LogP contribution in [0.5, 0.6) is 5.75 Å². The highest BCUT2D eigenvalue weighted by molar-refractivity contribution is 7.55. The molecule has 2 N–H and O–H groups in total. The Morgan fingerprint density at radius 1 is 1.02 bits per heavy atom. The Labute approximate surface area is 236 Å². The largest absolute Gasteiger partial charge is 0.487 e. The third kappa shape index (κ3) is 6.70. The first kappa shape index (κ1) is 27.8. The fourth-order valence-corrected chi connectivity index (χ4v) is 4.40. The van der Waals surface area contributed by atoms with Gasteiger partial charge in [-0.15, -0.1) is 5.10 Å². The molecule has 208 valence electrons. The van der Waals surface area contributed by atoms with Crippen LogP contribution in [0, 0.1) is 6.92 Å². The van der Waals surface area contributed by atoms with Gasteiger partial charge in [0.15, 0.2) is 5.82 Å². The molecule has 0 fully saturated rings. The maximum Gasteiger partial charge on any atom is 0.349 e. The maximum atomic E-state index is 13.4. The van der Waals surface area contributed by atoms with Gasteiger partial charge in [0.05, 0.1) is 5.69 Å². The molecule has 11 heteroatoms. The second-order valence-electron chi connectivity index (χ2n) is 9.16. The molecular formula is C30H27N4O6P. The highest BCUT2D eigenvalue weighted by atomic mass is 31.2. The Morgan fingerprint density at radius 2 is 1.68 bits per heavy atom. The summed E-state index contributed by atoms with van der Waals surface area (Å²) in [6, 6.07) is 25.5. The molecule has 0 spiro atoms. The molecule has 0 saturated heterocycles. The number of aryl methyl sites for hydroxylation is 1. The smallest absolute Gasteiger partial charge is 0.349 e. The average molecular weight is 571 g/mol. The van der Waals surface area contributed by atoms with Crippen LogP contribution in [0.25, 0.3) is 23.2 Å². The average Bonchev–Trinajstić information content (AvgIpc) is 3.58. The monoisotopic (exact) mass is 570 g/mol. The highest BCUT2D eigenvalue weighted by Gasteiger charge is 2.21. The molecule has 10 nitrogen and oxygen atoms in total. The fourth-order valence-electron chi connectivity index (χ4n) is 4.05. The lowest BCUT2D eigenvalue weighted by Gasteiger charge is -2.16. The van der Waals surface area contributed by atoms with E-state index in [-0.39, 0.29) is 18.3 Å². The van der Waals surface area contributed by atoms with Gasteiger partial charge in [-0.3, -0.25) is 14.3 Å². The van der Waals surface area contributed by atoms with Crippen molar-refractivity contribution in [2.75, 3.05) is 11.9 Å². The second-order valence-corrected chi connectivity index (χ2v) is 10.6. The summed E-state index contributed by atoms with van der Waals surface area (Å²) in [6.07, 6.45) is 2.87. The minimum Gasteiger partial charge on any atom is -0.487 e. The van der Waals surface area contributed by atoms with Crippen molar-refractivity contribution in [1.29, 1.82) is 0 Å². The molecule has 3 aromatic carbocycles. The molecule has 0 saturated carbocycles. The number of ether oxygens (including phenoxy) is 1. The van der Waals surface area contributed by atoms with Gasteiger partial charge in [0, 0.05) is 35.8 Å². The van der Waals surface area contributed by atoms with E-state index < -0.39 is 7.60 Å². The van der Waals surface area contributed by atoms with Gasteiger partial charge >= 0.3 is 7.60 Å². The summed E-state index contributed by atoms with van der Waals surface area (Å²) in [5, 5.41) is 4.52. The van der Waals surface area contributed by atoms with E-state index in [9.17, 15) is 19.1 Å². The number of para-hydroxylation sites is 1. The molecule has 0 unspecified atom stereocenters. The van der Waals surface area contributed by atoms with Gasteiger partial charge in [-0.25, -0.2) is 9.67 Å². The molecule has 0 atom stereocenters. The molecule has 41 heavy (non-hydrogen) atoms. The van der Waals surface area contributed by atoms with Crippen molar-refractivity contribution in [3.63, 3.8) is 0 Å². The Balaban J connectivity index is 1.31. The molecule has 5 aromatic rings. The van der Waals surface area contributed by atoms with E-state index in [4.69, 9.17) is 9.15 Å². The number of carbonyl (C=O) groups excluding carboxylic acids is 1. The van der Waals surface area contributed by atoms with Gasteiger partial charge in [0.1, 0.15) is 23.8 Å². The Kier molecular flexibility index (Phi) is 7.98. The number of oxazole rings is 1. The normalized spacial score (nSPS) is 11.6.